The number of aromatic carboxylic acids is 2. The zero-order valence-electron chi connectivity index (χ0n) is 10.7. The summed E-state index contributed by atoms with van der Waals surface area (Å²) in [7, 11) is 0. The summed E-state index contributed by atoms with van der Waals surface area (Å²) in [5, 5.41) is 18.8. The van der Waals surface area contributed by atoms with Gasteiger partial charge in [-0.25, -0.2) is 9.59 Å². The fourth-order valence-electron chi connectivity index (χ4n) is 2.01. The number of carbonyl (C=O) groups is 2. The van der Waals surface area contributed by atoms with Gasteiger partial charge in [-0.3, -0.25) is 4.79 Å². The molecule has 2 rings (SSSR count). The van der Waals surface area contributed by atoms with Gasteiger partial charge in [0.1, 0.15) is 16.9 Å². The largest absolute Gasteiger partial charge is 0.478 e. The first kappa shape index (κ1) is 15.9. The molecule has 1 heterocycles. The van der Waals surface area contributed by atoms with Gasteiger partial charge in [0.05, 0.1) is 0 Å². The third-order valence-corrected chi connectivity index (χ3v) is 3.42. The molecule has 0 fully saturated rings. The molecule has 22 heavy (non-hydrogen) atoms. The van der Waals surface area contributed by atoms with Crippen LogP contribution in [0.4, 0.5) is 5.82 Å². The molecule has 0 spiro atoms. The van der Waals surface area contributed by atoms with Gasteiger partial charge >= 0.3 is 11.9 Å². The van der Waals surface area contributed by atoms with Gasteiger partial charge in [0, 0.05) is 21.2 Å². The fraction of sp³-hybridized carbons (Fsp3) is 0. The Hall–Kier alpha value is -2.51. The third kappa shape index (κ3) is 2.63. The van der Waals surface area contributed by atoms with E-state index in [1.165, 1.54) is 18.2 Å². The van der Waals surface area contributed by atoms with Gasteiger partial charge in [0.15, 0.2) is 0 Å². The number of H-pyrrole nitrogens is 1. The van der Waals surface area contributed by atoms with E-state index in [0.717, 1.165) is 0 Å². The van der Waals surface area contributed by atoms with Gasteiger partial charge in [-0.1, -0.05) is 29.3 Å². The van der Waals surface area contributed by atoms with Crippen LogP contribution in [0.5, 0.6) is 0 Å². The normalized spacial score (nSPS) is 10.5. The molecule has 1 aromatic carbocycles. The highest BCUT2D eigenvalue weighted by molar-refractivity contribution is 6.36. The van der Waals surface area contributed by atoms with Gasteiger partial charge in [0.2, 0.25) is 0 Å². The van der Waals surface area contributed by atoms with Crippen molar-refractivity contribution in [2.75, 3.05) is 5.73 Å². The lowest BCUT2D eigenvalue weighted by Gasteiger charge is -2.13. The number of aromatic nitrogens is 1. The van der Waals surface area contributed by atoms with Gasteiger partial charge in [-0.05, 0) is 12.1 Å². The molecule has 0 aliphatic carbocycles. The van der Waals surface area contributed by atoms with Crippen molar-refractivity contribution >= 4 is 41.0 Å². The van der Waals surface area contributed by atoms with Crippen molar-refractivity contribution in [3.63, 3.8) is 0 Å². The molecule has 114 valence electrons. The first-order valence-corrected chi connectivity index (χ1v) is 6.47. The third-order valence-electron chi connectivity index (χ3n) is 2.87. The minimum absolute atomic E-state index is 0.0116. The smallest absolute Gasteiger partial charge is 0.342 e. The molecule has 7 nitrogen and oxygen atoms in total. The first-order valence-electron chi connectivity index (χ1n) is 5.71. The monoisotopic (exact) mass is 342 g/mol. The molecule has 0 saturated carbocycles. The summed E-state index contributed by atoms with van der Waals surface area (Å²) in [6.07, 6.45) is 0. The molecule has 5 N–H and O–H groups in total. The lowest BCUT2D eigenvalue weighted by atomic mass is 9.95. The summed E-state index contributed by atoms with van der Waals surface area (Å²) >= 11 is 11.8. The van der Waals surface area contributed by atoms with Crippen LogP contribution in [-0.2, 0) is 0 Å². The molecule has 0 saturated heterocycles. The minimum Gasteiger partial charge on any atom is -0.478 e. The van der Waals surface area contributed by atoms with Crippen LogP contribution in [-0.4, -0.2) is 27.1 Å². The van der Waals surface area contributed by atoms with Crippen LogP contribution >= 0.6 is 23.2 Å². The van der Waals surface area contributed by atoms with Gasteiger partial charge in [-0.2, -0.15) is 0 Å². The van der Waals surface area contributed by atoms with Crippen LogP contribution in [0.25, 0.3) is 11.1 Å². The Balaban J connectivity index is 3.02. The van der Waals surface area contributed by atoms with E-state index in [-0.39, 0.29) is 21.2 Å². The molecule has 0 unspecified atom stereocenters. The Morgan fingerprint density at radius 2 is 1.68 bits per heavy atom. The van der Waals surface area contributed by atoms with Crippen LogP contribution < -0.4 is 11.3 Å². The molecule has 9 heteroatoms. The maximum Gasteiger partial charge on any atom is 0.342 e. The predicted octanol–water partition coefficient (Wildman–Crippen LogP) is 2.33. The maximum absolute atomic E-state index is 11.9. The van der Waals surface area contributed by atoms with Crippen LogP contribution in [0.15, 0.2) is 23.0 Å². The summed E-state index contributed by atoms with van der Waals surface area (Å²) < 4.78 is 0. The van der Waals surface area contributed by atoms with Crippen LogP contribution in [0.1, 0.15) is 20.7 Å². The highest BCUT2D eigenvalue weighted by Gasteiger charge is 2.27. The number of nitrogen functional groups attached to an aromatic ring is 1. The molecule has 0 aliphatic heterocycles. The van der Waals surface area contributed by atoms with Gasteiger partial charge in [0.25, 0.3) is 5.56 Å². The van der Waals surface area contributed by atoms with Crippen molar-refractivity contribution in [2.24, 2.45) is 0 Å². The lowest BCUT2D eigenvalue weighted by Crippen LogP contribution is -2.24. The minimum atomic E-state index is -1.61. The maximum atomic E-state index is 11.9. The molecule has 1 aromatic heterocycles. The van der Waals surface area contributed by atoms with E-state index >= 15 is 0 Å². The van der Waals surface area contributed by atoms with E-state index in [1.807, 2.05) is 4.98 Å². The number of rotatable bonds is 3. The Bertz CT molecular complexity index is 860. The van der Waals surface area contributed by atoms with Crippen LogP contribution in [0.3, 0.4) is 0 Å². The number of anilines is 1. The molecular weight excluding hydrogens is 335 g/mol. The number of nitrogens with two attached hydrogens (primary N) is 1. The number of hydrogen-bond acceptors (Lipinski definition) is 4. The second kappa shape index (κ2) is 5.70. The highest BCUT2D eigenvalue weighted by Crippen LogP contribution is 2.35. The van der Waals surface area contributed by atoms with E-state index < -0.39 is 34.4 Å². The van der Waals surface area contributed by atoms with Crippen molar-refractivity contribution in [3.8, 4) is 11.1 Å². The second-order valence-electron chi connectivity index (χ2n) is 4.23. The molecule has 0 bridgehead atoms. The summed E-state index contributed by atoms with van der Waals surface area (Å²) in [5.74, 6) is -3.58. The molecule has 0 amide bonds. The first-order chi connectivity index (χ1) is 10.2. The number of hydrogen-bond donors (Lipinski definition) is 4. The van der Waals surface area contributed by atoms with Crippen molar-refractivity contribution in [1.82, 2.24) is 4.98 Å². The van der Waals surface area contributed by atoms with E-state index in [2.05, 4.69) is 0 Å². The Kier molecular flexibility index (Phi) is 4.11. The highest BCUT2D eigenvalue weighted by atomic mass is 35.5. The van der Waals surface area contributed by atoms with E-state index in [0.29, 0.717) is 0 Å². The van der Waals surface area contributed by atoms with Crippen molar-refractivity contribution < 1.29 is 19.8 Å². The predicted molar refractivity (Wildman–Crippen MR) is 80.8 cm³/mol. The quantitative estimate of drug-likeness (QED) is 0.676. The van der Waals surface area contributed by atoms with Crippen LogP contribution in [0.2, 0.25) is 10.0 Å². The number of carboxylic acid groups (broad SMARTS) is 2. The van der Waals surface area contributed by atoms with Crippen molar-refractivity contribution in [2.45, 2.75) is 0 Å². The van der Waals surface area contributed by atoms with E-state index in [1.54, 1.807) is 0 Å². The average molecular weight is 343 g/mol. The number of benzene rings is 1. The average Bonchev–Trinajstić information content (AvgIpc) is 2.36. The summed E-state index contributed by atoms with van der Waals surface area (Å²) in [6.45, 7) is 0. The zero-order valence-corrected chi connectivity index (χ0v) is 12.2. The van der Waals surface area contributed by atoms with Gasteiger partial charge < -0.3 is 20.9 Å². The molecular formula is C13H8Cl2N2O5. The summed E-state index contributed by atoms with van der Waals surface area (Å²) in [4.78, 5) is 36.6. The molecule has 0 radical (unpaired) electrons. The lowest BCUT2D eigenvalue weighted by molar-refractivity contribution is 0.0695. The van der Waals surface area contributed by atoms with E-state index in [9.17, 15) is 24.6 Å². The number of aromatic amines is 1. The SMILES string of the molecule is Nc1[nH]c(=O)c(C(=O)O)c(-c2ccc(Cl)cc2Cl)c1C(=O)O. The number of halogens is 2. The van der Waals surface area contributed by atoms with Crippen molar-refractivity contribution in [3.05, 3.63) is 49.7 Å². The molecule has 2 aromatic rings. The van der Waals surface area contributed by atoms with Crippen molar-refractivity contribution in [1.29, 1.82) is 0 Å². The number of nitrogens with one attached hydrogen (secondary N) is 1. The van der Waals surface area contributed by atoms with Gasteiger partial charge in [-0.15, -0.1) is 0 Å². The zero-order chi connectivity index (χ0) is 16.6. The van der Waals surface area contributed by atoms with E-state index in [4.69, 9.17) is 28.9 Å². The Morgan fingerprint density at radius 3 is 2.18 bits per heavy atom. The van der Waals surface area contributed by atoms with Crippen LogP contribution in [0, 0.1) is 0 Å². The fourth-order valence-corrected chi connectivity index (χ4v) is 2.51. The Labute approximate surface area is 132 Å². The molecule has 0 atom stereocenters. The standard InChI is InChI=1S/C13H8Cl2N2O5/c14-4-1-2-5(6(15)3-4)7-8(12(19)20)10(16)17-11(18)9(7)13(21)22/h1-3H,(H,19,20)(H,21,22)(H3,16,17,18). The summed E-state index contributed by atoms with van der Waals surface area (Å²) in [5.41, 5.74) is 2.81. The topological polar surface area (TPSA) is 133 Å². The number of carboxylic acids is 2. The Morgan fingerprint density at radius 1 is 1.09 bits per heavy atom. The number of pyridine rings is 1. The summed E-state index contributed by atoms with van der Waals surface area (Å²) in [6, 6.07) is 4.00. The molecule has 0 aliphatic rings. The second-order valence-corrected chi connectivity index (χ2v) is 5.07.